The summed E-state index contributed by atoms with van der Waals surface area (Å²) in [5.41, 5.74) is 2.35. The first-order chi connectivity index (χ1) is 11.9. The smallest absolute Gasteiger partial charge is 0.119 e. The van der Waals surface area contributed by atoms with Gasteiger partial charge in [-0.25, -0.2) is 4.98 Å². The van der Waals surface area contributed by atoms with Crippen LogP contribution in [0.1, 0.15) is 37.9 Å². The molecule has 3 rings (SSSR count). The zero-order valence-electron chi connectivity index (χ0n) is 13.7. The van der Waals surface area contributed by atoms with E-state index in [9.17, 15) is 4.79 Å². The SMILES string of the molecule is O=CCCCCCCc1ncc(-c2ccc(-c3ccccc3)s2)[nH]1. The number of carbonyl (C=O) groups excluding carboxylic acids is 1. The summed E-state index contributed by atoms with van der Waals surface area (Å²) in [6, 6.07) is 14.8. The lowest BCUT2D eigenvalue weighted by Crippen LogP contribution is -1.89. The van der Waals surface area contributed by atoms with Crippen LogP contribution < -0.4 is 0 Å². The number of rotatable bonds is 9. The molecule has 124 valence electrons. The van der Waals surface area contributed by atoms with Crippen molar-refractivity contribution in [1.82, 2.24) is 9.97 Å². The maximum Gasteiger partial charge on any atom is 0.119 e. The molecule has 0 aliphatic carbocycles. The summed E-state index contributed by atoms with van der Waals surface area (Å²) in [5.74, 6) is 1.05. The van der Waals surface area contributed by atoms with Crippen LogP contribution >= 0.6 is 11.3 Å². The third-order valence-corrected chi connectivity index (χ3v) is 5.21. The number of H-pyrrole nitrogens is 1. The molecule has 0 bridgehead atoms. The minimum Gasteiger partial charge on any atom is -0.341 e. The number of aldehydes is 1. The highest BCUT2D eigenvalue weighted by molar-refractivity contribution is 7.18. The van der Waals surface area contributed by atoms with Gasteiger partial charge in [0.2, 0.25) is 0 Å². The van der Waals surface area contributed by atoms with Gasteiger partial charge in [0.15, 0.2) is 0 Å². The Kier molecular flexibility index (Phi) is 5.96. The third kappa shape index (κ3) is 4.42. The molecule has 0 atom stereocenters. The highest BCUT2D eigenvalue weighted by atomic mass is 32.1. The Morgan fingerprint density at radius 2 is 1.75 bits per heavy atom. The van der Waals surface area contributed by atoms with E-state index < -0.39 is 0 Å². The van der Waals surface area contributed by atoms with Crippen molar-refractivity contribution in [2.75, 3.05) is 0 Å². The van der Waals surface area contributed by atoms with Crippen molar-refractivity contribution in [1.29, 1.82) is 0 Å². The molecule has 1 aromatic carbocycles. The Morgan fingerprint density at radius 1 is 0.958 bits per heavy atom. The molecular formula is C20H22N2OS. The Labute approximate surface area is 146 Å². The van der Waals surface area contributed by atoms with E-state index in [1.165, 1.54) is 15.3 Å². The second kappa shape index (κ2) is 8.60. The molecule has 0 spiro atoms. The first-order valence-corrected chi connectivity index (χ1v) is 9.31. The lowest BCUT2D eigenvalue weighted by atomic mass is 10.1. The van der Waals surface area contributed by atoms with Crippen LogP contribution in [0.25, 0.3) is 21.0 Å². The van der Waals surface area contributed by atoms with E-state index in [4.69, 9.17) is 0 Å². The van der Waals surface area contributed by atoms with Gasteiger partial charge in [-0.1, -0.05) is 43.2 Å². The Bertz CT molecular complexity index is 761. The van der Waals surface area contributed by atoms with Crippen LogP contribution in [0.5, 0.6) is 0 Å². The summed E-state index contributed by atoms with van der Waals surface area (Å²) >= 11 is 1.79. The molecule has 0 unspecified atom stereocenters. The van der Waals surface area contributed by atoms with Crippen LogP contribution in [0.15, 0.2) is 48.7 Å². The van der Waals surface area contributed by atoms with E-state index in [2.05, 4.69) is 46.4 Å². The van der Waals surface area contributed by atoms with Crippen molar-refractivity contribution >= 4 is 17.6 Å². The number of nitrogens with one attached hydrogen (secondary N) is 1. The number of aryl methyl sites for hydroxylation is 1. The first kappa shape index (κ1) is 16.7. The minimum atomic E-state index is 0.688. The van der Waals surface area contributed by atoms with Crippen molar-refractivity contribution < 1.29 is 4.79 Å². The normalized spacial score (nSPS) is 10.8. The van der Waals surface area contributed by atoms with Gasteiger partial charge in [-0.2, -0.15) is 0 Å². The van der Waals surface area contributed by atoms with E-state index in [0.717, 1.165) is 49.9 Å². The molecule has 0 aliphatic heterocycles. The average Bonchev–Trinajstić information content (AvgIpc) is 3.28. The topological polar surface area (TPSA) is 45.8 Å². The van der Waals surface area contributed by atoms with Crippen molar-refractivity contribution in [3.8, 4) is 21.0 Å². The second-order valence-corrected chi connectivity index (χ2v) is 6.98. The van der Waals surface area contributed by atoms with E-state index in [0.29, 0.717) is 6.42 Å². The molecule has 3 aromatic rings. The van der Waals surface area contributed by atoms with Gasteiger partial charge >= 0.3 is 0 Å². The van der Waals surface area contributed by atoms with Gasteiger partial charge in [-0.05, 0) is 30.5 Å². The summed E-state index contributed by atoms with van der Waals surface area (Å²) in [6.07, 6.45) is 8.99. The van der Waals surface area contributed by atoms with Gasteiger partial charge < -0.3 is 9.78 Å². The number of nitrogens with zero attached hydrogens (tertiary/aromatic N) is 1. The number of hydrogen-bond acceptors (Lipinski definition) is 3. The van der Waals surface area contributed by atoms with Gasteiger partial charge in [0, 0.05) is 17.7 Å². The number of benzene rings is 1. The summed E-state index contributed by atoms with van der Waals surface area (Å²) in [7, 11) is 0. The van der Waals surface area contributed by atoms with Crippen LogP contribution in [0.4, 0.5) is 0 Å². The number of aromatic amines is 1. The quantitative estimate of drug-likeness (QED) is 0.414. The monoisotopic (exact) mass is 338 g/mol. The van der Waals surface area contributed by atoms with Crippen molar-refractivity contribution in [3.63, 3.8) is 0 Å². The fourth-order valence-electron chi connectivity index (χ4n) is 2.73. The standard InChI is InChI=1S/C20H22N2OS/c23-14-8-3-1-2-7-11-20-21-15-17(22-20)19-13-12-18(24-19)16-9-5-4-6-10-16/h4-6,9-10,12-15H,1-3,7-8,11H2,(H,21,22). The Balaban J connectivity index is 1.56. The van der Waals surface area contributed by atoms with Gasteiger partial charge in [-0.3, -0.25) is 0 Å². The molecule has 0 radical (unpaired) electrons. The molecule has 3 nitrogen and oxygen atoms in total. The molecule has 0 fully saturated rings. The Morgan fingerprint density at radius 3 is 2.58 bits per heavy atom. The van der Waals surface area contributed by atoms with E-state index >= 15 is 0 Å². The predicted molar refractivity (Wildman–Crippen MR) is 100 cm³/mol. The lowest BCUT2D eigenvalue weighted by Gasteiger charge is -1.98. The van der Waals surface area contributed by atoms with Crippen LogP contribution in [-0.4, -0.2) is 16.3 Å². The molecule has 2 heterocycles. The van der Waals surface area contributed by atoms with Crippen molar-refractivity contribution in [2.24, 2.45) is 0 Å². The summed E-state index contributed by atoms with van der Waals surface area (Å²) < 4.78 is 0. The fourth-order valence-corrected chi connectivity index (χ4v) is 3.71. The summed E-state index contributed by atoms with van der Waals surface area (Å²) in [6.45, 7) is 0. The average molecular weight is 338 g/mol. The zero-order chi connectivity index (χ0) is 16.6. The van der Waals surface area contributed by atoms with E-state index in [1.807, 2.05) is 12.3 Å². The Hall–Kier alpha value is -2.20. The minimum absolute atomic E-state index is 0.688. The fraction of sp³-hybridized carbons (Fsp3) is 0.300. The van der Waals surface area contributed by atoms with Crippen LogP contribution in [-0.2, 0) is 11.2 Å². The number of thiophene rings is 1. The molecular weight excluding hydrogens is 316 g/mol. The van der Waals surface area contributed by atoms with Crippen LogP contribution in [0, 0.1) is 0 Å². The molecule has 0 saturated heterocycles. The highest BCUT2D eigenvalue weighted by Gasteiger charge is 2.07. The maximum absolute atomic E-state index is 10.3. The number of hydrogen-bond donors (Lipinski definition) is 1. The maximum atomic E-state index is 10.3. The number of aromatic nitrogens is 2. The van der Waals surface area contributed by atoms with Gasteiger partial charge in [0.25, 0.3) is 0 Å². The molecule has 24 heavy (non-hydrogen) atoms. The molecule has 4 heteroatoms. The van der Waals surface area contributed by atoms with Crippen molar-refractivity contribution in [2.45, 2.75) is 38.5 Å². The third-order valence-electron chi connectivity index (χ3n) is 4.04. The molecule has 0 aliphatic rings. The van der Waals surface area contributed by atoms with Gasteiger partial charge in [-0.15, -0.1) is 11.3 Å². The summed E-state index contributed by atoms with van der Waals surface area (Å²) in [5, 5.41) is 0. The first-order valence-electron chi connectivity index (χ1n) is 8.50. The van der Waals surface area contributed by atoms with Crippen LogP contribution in [0.3, 0.4) is 0 Å². The molecule has 2 aromatic heterocycles. The van der Waals surface area contributed by atoms with Crippen LogP contribution in [0.2, 0.25) is 0 Å². The molecule has 0 saturated carbocycles. The van der Waals surface area contributed by atoms with E-state index in [-0.39, 0.29) is 0 Å². The number of unbranched alkanes of at least 4 members (excludes halogenated alkanes) is 4. The summed E-state index contributed by atoms with van der Waals surface area (Å²) in [4.78, 5) is 20.7. The highest BCUT2D eigenvalue weighted by Crippen LogP contribution is 2.33. The zero-order valence-corrected chi connectivity index (χ0v) is 14.5. The second-order valence-electron chi connectivity index (χ2n) is 5.89. The van der Waals surface area contributed by atoms with Crippen molar-refractivity contribution in [3.05, 3.63) is 54.5 Å². The lowest BCUT2D eigenvalue weighted by molar-refractivity contribution is -0.107. The molecule has 0 amide bonds. The number of imidazole rings is 1. The predicted octanol–water partition coefficient (Wildman–Crippen LogP) is 5.50. The van der Waals surface area contributed by atoms with Gasteiger partial charge in [0.05, 0.1) is 16.8 Å². The molecule has 1 N–H and O–H groups in total. The number of carbonyl (C=O) groups is 1. The largest absolute Gasteiger partial charge is 0.341 e. The van der Waals surface area contributed by atoms with E-state index in [1.54, 1.807) is 11.3 Å². The van der Waals surface area contributed by atoms with Gasteiger partial charge in [0.1, 0.15) is 12.1 Å².